The molecule has 112 valence electrons. The van der Waals surface area contributed by atoms with Gasteiger partial charge in [-0.3, -0.25) is 0 Å². The molecule has 1 saturated heterocycles. The second-order valence-electron chi connectivity index (χ2n) is 4.77. The Hall–Kier alpha value is -1.19. The standard InChI is InChI=1S/C11H15FN2O4S2/c1-14(9-4-5-19(15,16)7-9)20(17,18)11-6-8(13)2-3-10(11)12/h2-3,6,9H,4-5,7,13H2,1H3. The van der Waals surface area contributed by atoms with Crippen LogP contribution in [0.3, 0.4) is 0 Å². The number of sulfonamides is 1. The van der Waals surface area contributed by atoms with Crippen LogP contribution in [0, 0.1) is 5.82 Å². The van der Waals surface area contributed by atoms with Gasteiger partial charge < -0.3 is 5.73 Å². The summed E-state index contributed by atoms with van der Waals surface area (Å²) in [6.07, 6.45) is 0.210. The number of sulfone groups is 1. The van der Waals surface area contributed by atoms with E-state index < -0.39 is 36.6 Å². The Labute approximate surface area is 117 Å². The van der Waals surface area contributed by atoms with Gasteiger partial charge in [-0.1, -0.05) is 0 Å². The van der Waals surface area contributed by atoms with Gasteiger partial charge in [0.05, 0.1) is 11.5 Å². The van der Waals surface area contributed by atoms with Crippen LogP contribution in [0.5, 0.6) is 0 Å². The number of benzene rings is 1. The van der Waals surface area contributed by atoms with E-state index in [1.807, 2.05) is 0 Å². The van der Waals surface area contributed by atoms with Gasteiger partial charge in [0.15, 0.2) is 9.84 Å². The molecule has 0 bridgehead atoms. The van der Waals surface area contributed by atoms with Crippen molar-refractivity contribution in [1.82, 2.24) is 4.31 Å². The first-order valence-electron chi connectivity index (χ1n) is 5.87. The van der Waals surface area contributed by atoms with Gasteiger partial charge in [-0.2, -0.15) is 4.31 Å². The molecule has 1 fully saturated rings. The fourth-order valence-corrected chi connectivity index (χ4v) is 5.48. The molecule has 1 heterocycles. The van der Waals surface area contributed by atoms with Crippen LogP contribution in [0.15, 0.2) is 23.1 Å². The van der Waals surface area contributed by atoms with Crippen LogP contribution in [0.25, 0.3) is 0 Å². The van der Waals surface area contributed by atoms with E-state index in [2.05, 4.69) is 0 Å². The normalized spacial score (nSPS) is 22.2. The van der Waals surface area contributed by atoms with Gasteiger partial charge in [0.1, 0.15) is 10.7 Å². The van der Waals surface area contributed by atoms with Crippen molar-refractivity contribution in [1.29, 1.82) is 0 Å². The molecule has 0 spiro atoms. The van der Waals surface area contributed by atoms with Crippen LogP contribution in [0.4, 0.5) is 10.1 Å². The second-order valence-corrected chi connectivity index (χ2v) is 8.96. The Morgan fingerprint density at radius 3 is 2.60 bits per heavy atom. The summed E-state index contributed by atoms with van der Waals surface area (Å²) in [5.74, 6) is -1.21. The van der Waals surface area contributed by atoms with Gasteiger partial charge in [0.25, 0.3) is 0 Å². The number of nitrogen functional groups attached to an aromatic ring is 1. The zero-order valence-electron chi connectivity index (χ0n) is 10.8. The molecular weight excluding hydrogens is 307 g/mol. The Kier molecular flexibility index (Phi) is 3.78. The maximum absolute atomic E-state index is 13.7. The Balaban J connectivity index is 2.38. The maximum atomic E-state index is 13.7. The zero-order valence-corrected chi connectivity index (χ0v) is 12.4. The quantitative estimate of drug-likeness (QED) is 0.803. The molecule has 1 atom stereocenters. The predicted octanol–water partition coefficient (Wildman–Crippen LogP) is 0.215. The minimum absolute atomic E-state index is 0.0586. The predicted molar refractivity (Wildman–Crippen MR) is 72.8 cm³/mol. The highest BCUT2D eigenvalue weighted by Crippen LogP contribution is 2.26. The minimum atomic E-state index is -4.11. The molecule has 1 aliphatic heterocycles. The van der Waals surface area contributed by atoms with Gasteiger partial charge in [-0.25, -0.2) is 21.2 Å². The summed E-state index contributed by atoms with van der Waals surface area (Å²) in [6.45, 7) is 0. The first kappa shape index (κ1) is 15.2. The van der Waals surface area contributed by atoms with E-state index >= 15 is 0 Å². The van der Waals surface area contributed by atoms with Crippen LogP contribution in [-0.4, -0.2) is 45.7 Å². The highest BCUT2D eigenvalue weighted by atomic mass is 32.2. The number of rotatable bonds is 3. The van der Waals surface area contributed by atoms with Gasteiger partial charge in [-0.05, 0) is 24.6 Å². The average molecular weight is 322 g/mol. The molecule has 1 aromatic rings. The van der Waals surface area contributed by atoms with Gasteiger partial charge in [0, 0.05) is 18.8 Å². The lowest BCUT2D eigenvalue weighted by Crippen LogP contribution is -2.38. The minimum Gasteiger partial charge on any atom is -0.399 e. The van der Waals surface area contributed by atoms with Gasteiger partial charge >= 0.3 is 0 Å². The molecule has 0 amide bonds. The molecule has 9 heteroatoms. The van der Waals surface area contributed by atoms with Crippen molar-refractivity contribution < 1.29 is 21.2 Å². The maximum Gasteiger partial charge on any atom is 0.246 e. The molecule has 0 aliphatic carbocycles. The lowest BCUT2D eigenvalue weighted by Gasteiger charge is -2.23. The van der Waals surface area contributed by atoms with Crippen molar-refractivity contribution in [3.63, 3.8) is 0 Å². The highest BCUT2D eigenvalue weighted by molar-refractivity contribution is 7.92. The lowest BCUT2D eigenvalue weighted by atomic mass is 10.3. The third-order valence-corrected chi connectivity index (χ3v) is 7.01. The molecule has 0 radical (unpaired) electrons. The number of anilines is 1. The lowest BCUT2D eigenvalue weighted by molar-refractivity contribution is 0.391. The second kappa shape index (κ2) is 4.97. The summed E-state index contributed by atoms with van der Waals surface area (Å²) in [5.41, 5.74) is 5.60. The summed E-state index contributed by atoms with van der Waals surface area (Å²) in [7, 11) is -6.08. The van der Waals surface area contributed by atoms with Crippen LogP contribution in [0.1, 0.15) is 6.42 Å². The first-order valence-corrected chi connectivity index (χ1v) is 9.13. The molecule has 1 aromatic carbocycles. The summed E-state index contributed by atoms with van der Waals surface area (Å²) in [5, 5.41) is 0. The van der Waals surface area contributed by atoms with E-state index in [0.29, 0.717) is 0 Å². The summed E-state index contributed by atoms with van der Waals surface area (Å²) < 4.78 is 62.1. The Morgan fingerprint density at radius 1 is 1.40 bits per heavy atom. The van der Waals surface area contributed by atoms with E-state index in [0.717, 1.165) is 16.4 Å². The summed E-state index contributed by atoms with van der Waals surface area (Å²) >= 11 is 0. The van der Waals surface area contributed by atoms with Crippen molar-refractivity contribution in [3.05, 3.63) is 24.0 Å². The van der Waals surface area contributed by atoms with Crippen molar-refractivity contribution >= 4 is 25.5 Å². The van der Waals surface area contributed by atoms with Crippen molar-refractivity contribution in [3.8, 4) is 0 Å². The molecule has 2 N–H and O–H groups in total. The van der Waals surface area contributed by atoms with Gasteiger partial charge in [0.2, 0.25) is 10.0 Å². The van der Waals surface area contributed by atoms with Gasteiger partial charge in [-0.15, -0.1) is 0 Å². The SMILES string of the molecule is CN(C1CCS(=O)(=O)C1)S(=O)(=O)c1cc(N)ccc1F. The fraction of sp³-hybridized carbons (Fsp3) is 0.455. The van der Waals surface area contributed by atoms with E-state index in [1.54, 1.807) is 0 Å². The highest BCUT2D eigenvalue weighted by Gasteiger charge is 2.37. The molecule has 2 rings (SSSR count). The number of halogens is 1. The summed E-state index contributed by atoms with van der Waals surface area (Å²) in [6, 6.07) is 2.59. The largest absolute Gasteiger partial charge is 0.399 e. The first-order chi connectivity index (χ1) is 9.13. The number of nitrogens with zero attached hydrogens (tertiary/aromatic N) is 1. The monoisotopic (exact) mass is 322 g/mol. The molecular formula is C11H15FN2O4S2. The summed E-state index contributed by atoms with van der Waals surface area (Å²) in [4.78, 5) is -0.538. The Morgan fingerprint density at radius 2 is 2.05 bits per heavy atom. The number of hydrogen-bond acceptors (Lipinski definition) is 5. The molecule has 0 saturated carbocycles. The molecule has 1 aliphatic rings. The van der Waals surface area contributed by atoms with Crippen LogP contribution in [-0.2, 0) is 19.9 Å². The van der Waals surface area contributed by atoms with Crippen molar-refractivity contribution in [2.75, 3.05) is 24.3 Å². The molecule has 6 nitrogen and oxygen atoms in total. The zero-order chi connectivity index (χ0) is 15.1. The van der Waals surface area contributed by atoms with Crippen LogP contribution < -0.4 is 5.73 Å². The molecule has 1 unspecified atom stereocenters. The molecule has 20 heavy (non-hydrogen) atoms. The van der Waals surface area contributed by atoms with Crippen LogP contribution >= 0.6 is 0 Å². The van der Waals surface area contributed by atoms with E-state index in [9.17, 15) is 21.2 Å². The third-order valence-electron chi connectivity index (χ3n) is 3.33. The third kappa shape index (κ3) is 2.79. The molecule has 0 aromatic heterocycles. The topological polar surface area (TPSA) is 97.5 Å². The Bertz CT molecular complexity index is 731. The fourth-order valence-electron chi connectivity index (χ4n) is 2.13. The van der Waals surface area contributed by atoms with Crippen molar-refractivity contribution in [2.24, 2.45) is 0 Å². The van der Waals surface area contributed by atoms with Crippen molar-refractivity contribution in [2.45, 2.75) is 17.4 Å². The smallest absolute Gasteiger partial charge is 0.246 e. The number of nitrogens with two attached hydrogens (primary N) is 1. The van der Waals surface area contributed by atoms with E-state index in [-0.39, 0.29) is 23.6 Å². The van der Waals surface area contributed by atoms with E-state index in [1.165, 1.54) is 13.1 Å². The van der Waals surface area contributed by atoms with Crippen LogP contribution in [0.2, 0.25) is 0 Å². The number of hydrogen-bond donors (Lipinski definition) is 1. The van der Waals surface area contributed by atoms with E-state index in [4.69, 9.17) is 5.73 Å². The average Bonchev–Trinajstić information content (AvgIpc) is 2.71.